The molecule has 0 saturated carbocycles. The number of nitrogens with two attached hydrogens (primary N) is 1. The van der Waals surface area contributed by atoms with Gasteiger partial charge in [-0.2, -0.15) is 0 Å². The molecule has 114 valence electrons. The Morgan fingerprint density at radius 2 is 2.24 bits per heavy atom. The Bertz CT molecular complexity index is 543. The van der Waals surface area contributed by atoms with Gasteiger partial charge >= 0.3 is 0 Å². The van der Waals surface area contributed by atoms with Gasteiger partial charge in [0.1, 0.15) is 5.54 Å². The third kappa shape index (κ3) is 3.54. The lowest BCUT2D eigenvalue weighted by Gasteiger charge is -2.31. The first-order valence-corrected chi connectivity index (χ1v) is 7.40. The lowest BCUT2D eigenvalue weighted by Crippen LogP contribution is -2.55. The van der Waals surface area contributed by atoms with Crippen LogP contribution in [-0.2, 0) is 15.1 Å². The van der Waals surface area contributed by atoms with Crippen LogP contribution in [-0.4, -0.2) is 24.9 Å². The summed E-state index contributed by atoms with van der Waals surface area (Å²) >= 11 is 5.97. The summed E-state index contributed by atoms with van der Waals surface area (Å²) < 4.78 is 0. The van der Waals surface area contributed by atoms with Gasteiger partial charge in [-0.15, -0.1) is 0 Å². The minimum atomic E-state index is -1.26. The second-order valence-corrected chi connectivity index (χ2v) is 5.97. The van der Waals surface area contributed by atoms with E-state index in [1.807, 2.05) is 0 Å². The maximum absolute atomic E-state index is 12.4. The van der Waals surface area contributed by atoms with E-state index in [1.165, 1.54) is 0 Å². The first-order chi connectivity index (χ1) is 9.93. The van der Waals surface area contributed by atoms with Crippen LogP contribution in [0.1, 0.15) is 25.3 Å². The topological polar surface area (TPSA) is 84.2 Å². The zero-order valence-electron chi connectivity index (χ0n) is 12.0. The van der Waals surface area contributed by atoms with E-state index < -0.39 is 11.4 Å². The molecular weight excluding hydrogens is 290 g/mol. The van der Waals surface area contributed by atoms with Crippen LogP contribution >= 0.6 is 11.6 Å². The molecule has 5 nitrogen and oxygen atoms in total. The van der Waals surface area contributed by atoms with Crippen LogP contribution < -0.4 is 16.4 Å². The molecule has 2 unspecified atom stereocenters. The highest BCUT2D eigenvalue weighted by Crippen LogP contribution is 2.24. The van der Waals surface area contributed by atoms with Gasteiger partial charge in [-0.25, -0.2) is 0 Å². The zero-order chi connectivity index (χ0) is 15.5. The molecule has 1 heterocycles. The third-order valence-electron chi connectivity index (χ3n) is 3.94. The number of carbonyl (C=O) groups is 2. The first-order valence-electron chi connectivity index (χ1n) is 7.02. The summed E-state index contributed by atoms with van der Waals surface area (Å²) in [7, 11) is 0. The number of primary amides is 1. The molecule has 2 rings (SSSR count). The molecule has 4 N–H and O–H groups in total. The molecule has 1 saturated heterocycles. The second kappa shape index (κ2) is 6.45. The number of piperidine rings is 1. The van der Waals surface area contributed by atoms with E-state index in [2.05, 4.69) is 10.6 Å². The lowest BCUT2D eigenvalue weighted by atomic mass is 9.89. The van der Waals surface area contributed by atoms with Gasteiger partial charge < -0.3 is 16.4 Å². The molecule has 0 aliphatic carbocycles. The predicted octanol–water partition coefficient (Wildman–Crippen LogP) is 1.16. The van der Waals surface area contributed by atoms with E-state index in [1.54, 1.807) is 31.2 Å². The van der Waals surface area contributed by atoms with E-state index in [0.717, 1.165) is 19.4 Å². The number of carbonyl (C=O) groups excluding carboxylic acids is 2. The summed E-state index contributed by atoms with van der Waals surface area (Å²) in [5, 5.41) is 6.47. The van der Waals surface area contributed by atoms with Crippen molar-refractivity contribution in [3.8, 4) is 0 Å². The number of halogens is 1. The largest absolute Gasteiger partial charge is 0.367 e. The van der Waals surface area contributed by atoms with Gasteiger partial charge in [0.05, 0.1) is 5.92 Å². The summed E-state index contributed by atoms with van der Waals surface area (Å²) in [5.74, 6) is -0.915. The quantitative estimate of drug-likeness (QED) is 0.780. The summed E-state index contributed by atoms with van der Waals surface area (Å²) in [6, 6.07) is 6.81. The maximum atomic E-state index is 12.4. The maximum Gasteiger partial charge on any atom is 0.247 e. The summed E-state index contributed by atoms with van der Waals surface area (Å²) in [5.41, 5.74) is 4.84. The van der Waals surface area contributed by atoms with Crippen molar-refractivity contribution in [3.05, 3.63) is 34.9 Å². The van der Waals surface area contributed by atoms with Crippen molar-refractivity contribution in [2.45, 2.75) is 25.3 Å². The number of amides is 2. The van der Waals surface area contributed by atoms with Gasteiger partial charge in [0, 0.05) is 11.6 Å². The molecular formula is C15H20ClN3O2. The lowest BCUT2D eigenvalue weighted by molar-refractivity contribution is -0.133. The molecule has 1 aliphatic rings. The number of rotatable bonds is 4. The molecule has 21 heavy (non-hydrogen) atoms. The van der Waals surface area contributed by atoms with Gasteiger partial charge in [0.2, 0.25) is 11.8 Å². The molecule has 0 radical (unpaired) electrons. The first kappa shape index (κ1) is 15.8. The Balaban J connectivity index is 2.22. The number of nitrogens with one attached hydrogen (secondary N) is 2. The Labute approximate surface area is 129 Å². The fourth-order valence-corrected chi connectivity index (χ4v) is 2.69. The minimum Gasteiger partial charge on any atom is -0.367 e. The van der Waals surface area contributed by atoms with Gasteiger partial charge in [-0.1, -0.05) is 23.7 Å². The Morgan fingerprint density at radius 3 is 2.81 bits per heavy atom. The average Bonchev–Trinajstić information content (AvgIpc) is 2.47. The van der Waals surface area contributed by atoms with E-state index >= 15 is 0 Å². The number of benzene rings is 1. The molecule has 1 aromatic carbocycles. The molecule has 2 atom stereocenters. The van der Waals surface area contributed by atoms with Crippen molar-refractivity contribution < 1.29 is 9.59 Å². The Morgan fingerprint density at radius 1 is 1.48 bits per heavy atom. The van der Waals surface area contributed by atoms with E-state index in [-0.39, 0.29) is 11.8 Å². The van der Waals surface area contributed by atoms with Crippen molar-refractivity contribution in [3.63, 3.8) is 0 Å². The molecule has 0 aromatic heterocycles. The van der Waals surface area contributed by atoms with E-state index in [4.69, 9.17) is 17.3 Å². The fourth-order valence-electron chi connectivity index (χ4n) is 2.50. The highest BCUT2D eigenvalue weighted by atomic mass is 35.5. The van der Waals surface area contributed by atoms with Crippen molar-refractivity contribution in [1.29, 1.82) is 0 Å². The smallest absolute Gasteiger partial charge is 0.247 e. The predicted molar refractivity (Wildman–Crippen MR) is 81.7 cm³/mol. The number of hydrogen-bond donors (Lipinski definition) is 3. The van der Waals surface area contributed by atoms with Crippen molar-refractivity contribution >= 4 is 23.4 Å². The van der Waals surface area contributed by atoms with Gasteiger partial charge in [-0.05, 0) is 44.0 Å². The fraction of sp³-hybridized carbons (Fsp3) is 0.467. The van der Waals surface area contributed by atoms with E-state index in [9.17, 15) is 9.59 Å². The summed E-state index contributed by atoms with van der Waals surface area (Å²) in [4.78, 5) is 24.3. The molecule has 0 spiro atoms. The van der Waals surface area contributed by atoms with Crippen molar-refractivity contribution in [2.75, 3.05) is 13.1 Å². The molecule has 1 aliphatic heterocycles. The van der Waals surface area contributed by atoms with Crippen molar-refractivity contribution in [2.24, 2.45) is 11.7 Å². The molecule has 2 amide bonds. The summed E-state index contributed by atoms with van der Waals surface area (Å²) in [6.45, 7) is 3.15. The highest BCUT2D eigenvalue weighted by Gasteiger charge is 2.37. The number of hydrogen-bond acceptors (Lipinski definition) is 3. The zero-order valence-corrected chi connectivity index (χ0v) is 12.7. The normalized spacial score (nSPS) is 21.3. The second-order valence-electron chi connectivity index (χ2n) is 5.53. The van der Waals surface area contributed by atoms with Gasteiger partial charge in [0.25, 0.3) is 0 Å². The Kier molecular flexibility index (Phi) is 4.85. The SMILES string of the molecule is CC(NC(=O)C1CCCNC1)(C(N)=O)c1cccc(Cl)c1. The van der Waals surface area contributed by atoms with Crippen LogP contribution in [0.25, 0.3) is 0 Å². The van der Waals surface area contributed by atoms with Crippen molar-refractivity contribution in [1.82, 2.24) is 10.6 Å². The Hall–Kier alpha value is -1.59. The van der Waals surface area contributed by atoms with Gasteiger partial charge in [-0.3, -0.25) is 9.59 Å². The molecule has 6 heteroatoms. The van der Waals surface area contributed by atoms with Crippen LogP contribution in [0.2, 0.25) is 5.02 Å². The minimum absolute atomic E-state index is 0.142. The molecule has 1 fully saturated rings. The monoisotopic (exact) mass is 309 g/mol. The molecule has 0 bridgehead atoms. The highest BCUT2D eigenvalue weighted by molar-refractivity contribution is 6.30. The van der Waals surface area contributed by atoms with Crippen LogP contribution in [0.5, 0.6) is 0 Å². The standard InChI is InChI=1S/C15H20ClN3O2/c1-15(14(17)21,11-5-2-6-12(16)8-11)19-13(20)10-4-3-7-18-9-10/h2,5-6,8,10,18H,3-4,7,9H2,1H3,(H2,17,21)(H,19,20). The summed E-state index contributed by atoms with van der Waals surface area (Å²) in [6.07, 6.45) is 1.76. The van der Waals surface area contributed by atoms with E-state index in [0.29, 0.717) is 17.1 Å². The van der Waals surface area contributed by atoms with Crippen LogP contribution in [0.4, 0.5) is 0 Å². The third-order valence-corrected chi connectivity index (χ3v) is 4.17. The molecule has 1 aromatic rings. The average molecular weight is 310 g/mol. The van der Waals surface area contributed by atoms with Crippen LogP contribution in [0.15, 0.2) is 24.3 Å². The van der Waals surface area contributed by atoms with Crippen LogP contribution in [0.3, 0.4) is 0 Å². The van der Waals surface area contributed by atoms with Gasteiger partial charge in [0.15, 0.2) is 0 Å². The van der Waals surface area contributed by atoms with Crippen LogP contribution in [0, 0.1) is 5.92 Å².